The second-order valence-electron chi connectivity index (χ2n) is 3.16. The lowest BCUT2D eigenvalue weighted by Gasteiger charge is -2.16. The lowest BCUT2D eigenvalue weighted by atomic mass is 10.2. The van der Waals surface area contributed by atoms with E-state index in [1.165, 1.54) is 6.42 Å². The first-order chi connectivity index (χ1) is 6.24. The molecule has 0 aliphatic heterocycles. The Morgan fingerprint density at radius 3 is 2.77 bits per heavy atom. The van der Waals surface area contributed by atoms with Gasteiger partial charge in [-0.2, -0.15) is 11.8 Å². The van der Waals surface area contributed by atoms with Crippen LogP contribution >= 0.6 is 11.8 Å². The molecule has 2 atom stereocenters. The fourth-order valence-electron chi connectivity index (χ4n) is 0.871. The van der Waals surface area contributed by atoms with Crippen molar-refractivity contribution in [3.8, 4) is 12.3 Å². The van der Waals surface area contributed by atoms with Crippen LogP contribution < -0.4 is 11.3 Å². The summed E-state index contributed by atoms with van der Waals surface area (Å²) in [5, 5.41) is 0.710. The van der Waals surface area contributed by atoms with Crippen LogP contribution in [0.1, 0.15) is 33.1 Å². The molecule has 0 aromatic carbocycles. The topological polar surface area (TPSA) is 38.0 Å². The van der Waals surface area contributed by atoms with Crippen molar-refractivity contribution in [2.24, 2.45) is 5.84 Å². The molecule has 0 amide bonds. The van der Waals surface area contributed by atoms with Crippen molar-refractivity contribution in [1.82, 2.24) is 5.43 Å². The molecule has 0 aliphatic carbocycles. The maximum Gasteiger partial charge on any atom is 0.0310 e. The molecule has 0 aromatic rings. The van der Waals surface area contributed by atoms with Crippen molar-refractivity contribution >= 4 is 11.8 Å². The highest BCUT2D eigenvalue weighted by atomic mass is 32.2. The molecule has 0 bridgehead atoms. The first-order valence-electron chi connectivity index (χ1n) is 4.75. The summed E-state index contributed by atoms with van der Waals surface area (Å²) < 4.78 is 0. The summed E-state index contributed by atoms with van der Waals surface area (Å²) in [6.07, 6.45) is 8.16. The number of thioether (sulfide) groups is 1. The van der Waals surface area contributed by atoms with Gasteiger partial charge in [0.15, 0.2) is 0 Å². The zero-order valence-corrected chi connectivity index (χ0v) is 9.36. The predicted octanol–water partition coefficient (Wildman–Crippen LogP) is 1.76. The zero-order valence-electron chi connectivity index (χ0n) is 8.55. The van der Waals surface area contributed by atoms with E-state index in [-0.39, 0.29) is 0 Å². The van der Waals surface area contributed by atoms with E-state index >= 15 is 0 Å². The Bertz CT molecular complexity index is 153. The lowest BCUT2D eigenvalue weighted by molar-refractivity contribution is 0.546. The first kappa shape index (κ1) is 12.8. The quantitative estimate of drug-likeness (QED) is 0.374. The van der Waals surface area contributed by atoms with E-state index in [2.05, 4.69) is 25.2 Å². The van der Waals surface area contributed by atoms with E-state index in [0.29, 0.717) is 11.3 Å². The minimum Gasteiger partial charge on any atom is -0.271 e. The molecule has 0 fully saturated rings. The molecule has 2 unspecified atom stereocenters. The molecule has 13 heavy (non-hydrogen) atoms. The van der Waals surface area contributed by atoms with Gasteiger partial charge in [0.25, 0.3) is 0 Å². The maximum atomic E-state index is 5.41. The van der Waals surface area contributed by atoms with Gasteiger partial charge in [-0.25, -0.2) is 0 Å². The van der Waals surface area contributed by atoms with E-state index < -0.39 is 0 Å². The summed E-state index contributed by atoms with van der Waals surface area (Å²) >= 11 is 1.95. The van der Waals surface area contributed by atoms with Gasteiger partial charge >= 0.3 is 0 Å². The van der Waals surface area contributed by atoms with Crippen molar-refractivity contribution in [3.63, 3.8) is 0 Å². The summed E-state index contributed by atoms with van der Waals surface area (Å²) in [5.74, 6) is 9.09. The molecule has 0 spiro atoms. The molecule has 2 nitrogen and oxygen atoms in total. The Balaban J connectivity index is 3.54. The number of hydrogen-bond acceptors (Lipinski definition) is 3. The standard InChI is InChI=1S/C10H20N2S/c1-4-6-7-10(12-11)8-13-9(3)5-2/h1,9-10,12H,5-8,11H2,2-3H3. The number of rotatable bonds is 7. The van der Waals surface area contributed by atoms with Crippen LogP contribution in [0.15, 0.2) is 0 Å². The van der Waals surface area contributed by atoms with Gasteiger partial charge in [-0.3, -0.25) is 11.3 Å². The van der Waals surface area contributed by atoms with Gasteiger partial charge in [-0.05, 0) is 12.8 Å². The molecule has 0 radical (unpaired) electrons. The second kappa shape index (κ2) is 8.43. The number of terminal acetylenes is 1. The average molecular weight is 200 g/mol. The van der Waals surface area contributed by atoms with E-state index in [9.17, 15) is 0 Å². The largest absolute Gasteiger partial charge is 0.271 e. The van der Waals surface area contributed by atoms with Crippen molar-refractivity contribution in [3.05, 3.63) is 0 Å². The van der Waals surface area contributed by atoms with Crippen LogP contribution in [0.4, 0.5) is 0 Å². The molecule has 76 valence electrons. The van der Waals surface area contributed by atoms with Crippen LogP contribution in [-0.2, 0) is 0 Å². The average Bonchev–Trinajstić information content (AvgIpc) is 2.17. The Labute approximate surface area is 86.0 Å². The van der Waals surface area contributed by atoms with E-state index in [4.69, 9.17) is 12.3 Å². The van der Waals surface area contributed by atoms with Crippen LogP contribution in [-0.4, -0.2) is 17.0 Å². The Morgan fingerprint density at radius 1 is 1.62 bits per heavy atom. The van der Waals surface area contributed by atoms with E-state index in [1.807, 2.05) is 11.8 Å². The van der Waals surface area contributed by atoms with Gasteiger partial charge in [-0.1, -0.05) is 13.8 Å². The van der Waals surface area contributed by atoms with Crippen LogP contribution in [0.2, 0.25) is 0 Å². The van der Waals surface area contributed by atoms with Crippen molar-refractivity contribution in [2.45, 2.75) is 44.4 Å². The van der Waals surface area contributed by atoms with Crippen molar-refractivity contribution < 1.29 is 0 Å². The number of nitrogens with two attached hydrogens (primary N) is 1. The molecule has 0 saturated heterocycles. The smallest absolute Gasteiger partial charge is 0.0310 e. The number of nitrogens with one attached hydrogen (secondary N) is 1. The van der Waals surface area contributed by atoms with E-state index in [0.717, 1.165) is 18.6 Å². The van der Waals surface area contributed by atoms with Gasteiger partial charge in [-0.15, -0.1) is 12.3 Å². The highest BCUT2D eigenvalue weighted by Crippen LogP contribution is 2.15. The third-order valence-corrected chi connectivity index (χ3v) is 3.53. The molecule has 0 heterocycles. The van der Waals surface area contributed by atoms with Crippen LogP contribution in [0.3, 0.4) is 0 Å². The number of hydrogen-bond donors (Lipinski definition) is 2. The van der Waals surface area contributed by atoms with Gasteiger partial charge in [0.05, 0.1) is 0 Å². The molecule has 0 rings (SSSR count). The molecular formula is C10H20N2S. The van der Waals surface area contributed by atoms with Crippen LogP contribution in [0.5, 0.6) is 0 Å². The van der Waals surface area contributed by atoms with Gasteiger partial charge in [0.2, 0.25) is 0 Å². The highest BCUT2D eigenvalue weighted by molar-refractivity contribution is 7.99. The van der Waals surface area contributed by atoms with Crippen LogP contribution in [0.25, 0.3) is 0 Å². The Morgan fingerprint density at radius 2 is 2.31 bits per heavy atom. The highest BCUT2D eigenvalue weighted by Gasteiger charge is 2.07. The lowest BCUT2D eigenvalue weighted by Crippen LogP contribution is -2.37. The summed E-state index contributed by atoms with van der Waals surface area (Å²) in [4.78, 5) is 0. The SMILES string of the molecule is C#CCCC(CSC(C)CC)NN. The van der Waals surface area contributed by atoms with Crippen LogP contribution in [0, 0.1) is 12.3 Å². The minimum absolute atomic E-state index is 0.357. The van der Waals surface area contributed by atoms with Gasteiger partial charge in [0.1, 0.15) is 0 Å². The fraction of sp³-hybridized carbons (Fsp3) is 0.800. The first-order valence-corrected chi connectivity index (χ1v) is 5.80. The van der Waals surface area contributed by atoms with E-state index in [1.54, 1.807) is 0 Å². The zero-order chi connectivity index (χ0) is 10.1. The normalized spacial score (nSPS) is 14.9. The monoisotopic (exact) mass is 200 g/mol. The third-order valence-electron chi connectivity index (χ3n) is 2.03. The predicted molar refractivity (Wildman–Crippen MR) is 61.4 cm³/mol. The van der Waals surface area contributed by atoms with Crippen molar-refractivity contribution in [2.75, 3.05) is 5.75 Å². The fourth-order valence-corrected chi connectivity index (χ4v) is 1.93. The molecular weight excluding hydrogens is 180 g/mol. The molecule has 0 aromatic heterocycles. The maximum absolute atomic E-state index is 5.41. The molecule has 0 aliphatic rings. The second-order valence-corrected chi connectivity index (χ2v) is 4.63. The molecule has 0 saturated carbocycles. The Kier molecular flexibility index (Phi) is 8.32. The van der Waals surface area contributed by atoms with Crippen molar-refractivity contribution in [1.29, 1.82) is 0 Å². The Hall–Kier alpha value is -0.170. The minimum atomic E-state index is 0.357. The number of hydrazine groups is 1. The van der Waals surface area contributed by atoms with Gasteiger partial charge < -0.3 is 0 Å². The summed E-state index contributed by atoms with van der Waals surface area (Å²) in [5.41, 5.74) is 2.80. The third kappa shape index (κ3) is 6.94. The molecule has 3 heteroatoms. The molecule has 3 N–H and O–H groups in total. The summed E-state index contributed by atoms with van der Waals surface area (Å²) in [6.45, 7) is 4.43. The van der Waals surface area contributed by atoms with Gasteiger partial charge in [0, 0.05) is 23.5 Å². The summed E-state index contributed by atoms with van der Waals surface area (Å²) in [6, 6.07) is 0.357. The summed E-state index contributed by atoms with van der Waals surface area (Å²) in [7, 11) is 0.